The van der Waals surface area contributed by atoms with Crippen molar-refractivity contribution in [3.05, 3.63) is 71.3 Å². The van der Waals surface area contributed by atoms with Gasteiger partial charge in [0.05, 0.1) is 0 Å². The molecule has 2 aromatic carbocycles. The molecule has 20 heavy (non-hydrogen) atoms. The number of nitrogens with zero attached hydrogens (tertiary/aromatic N) is 1. The van der Waals surface area contributed by atoms with Crippen LogP contribution in [0.1, 0.15) is 16.7 Å². The Morgan fingerprint density at radius 2 is 1.70 bits per heavy atom. The highest BCUT2D eigenvalue weighted by Crippen LogP contribution is 2.18. The third-order valence-corrected chi connectivity index (χ3v) is 3.70. The molecule has 0 saturated heterocycles. The summed E-state index contributed by atoms with van der Waals surface area (Å²) in [4.78, 5) is 14.1. The number of amides is 2. The van der Waals surface area contributed by atoms with Gasteiger partial charge >= 0.3 is 6.03 Å². The standard InChI is InChI=1S/C17H18N2O/c20-17(18-12-14-6-2-1-3-7-14)19-11-10-15-8-4-5-9-16(15)13-19/h1-9H,10-13H2,(H,18,20). The van der Waals surface area contributed by atoms with Crippen LogP contribution >= 0.6 is 0 Å². The van der Waals surface area contributed by atoms with E-state index in [1.165, 1.54) is 11.1 Å². The topological polar surface area (TPSA) is 32.3 Å². The van der Waals surface area contributed by atoms with E-state index in [1.807, 2.05) is 41.3 Å². The first-order chi connectivity index (χ1) is 9.83. The van der Waals surface area contributed by atoms with Crippen LogP contribution < -0.4 is 5.32 Å². The van der Waals surface area contributed by atoms with Crippen LogP contribution in [-0.4, -0.2) is 17.5 Å². The third kappa shape index (κ3) is 2.82. The summed E-state index contributed by atoms with van der Waals surface area (Å²) in [6, 6.07) is 18.3. The minimum absolute atomic E-state index is 0.0170. The monoisotopic (exact) mass is 266 g/mol. The average Bonchev–Trinajstić information content (AvgIpc) is 2.53. The molecule has 0 fully saturated rings. The van der Waals surface area contributed by atoms with E-state index >= 15 is 0 Å². The fourth-order valence-electron chi connectivity index (χ4n) is 2.55. The summed E-state index contributed by atoms with van der Waals surface area (Å²) in [5.74, 6) is 0. The predicted octanol–water partition coefficient (Wildman–Crippen LogP) is 2.95. The largest absolute Gasteiger partial charge is 0.334 e. The lowest BCUT2D eigenvalue weighted by Gasteiger charge is -2.29. The molecule has 1 aliphatic rings. The van der Waals surface area contributed by atoms with Gasteiger partial charge in [-0.2, -0.15) is 0 Å². The average molecular weight is 266 g/mol. The zero-order chi connectivity index (χ0) is 13.8. The van der Waals surface area contributed by atoms with Crippen LogP contribution in [0.5, 0.6) is 0 Å². The molecule has 1 aliphatic heterocycles. The van der Waals surface area contributed by atoms with Gasteiger partial charge in [0.15, 0.2) is 0 Å². The molecule has 3 rings (SSSR count). The van der Waals surface area contributed by atoms with Crippen molar-refractivity contribution < 1.29 is 4.79 Å². The number of rotatable bonds is 2. The summed E-state index contributed by atoms with van der Waals surface area (Å²) in [5.41, 5.74) is 3.74. The Balaban J connectivity index is 1.59. The second-order valence-electron chi connectivity index (χ2n) is 5.08. The lowest BCUT2D eigenvalue weighted by Crippen LogP contribution is -2.42. The zero-order valence-electron chi connectivity index (χ0n) is 11.4. The Kier molecular flexibility index (Phi) is 3.68. The Bertz CT molecular complexity index is 595. The molecule has 0 spiro atoms. The van der Waals surface area contributed by atoms with Gasteiger partial charge in [-0.05, 0) is 23.1 Å². The van der Waals surface area contributed by atoms with Gasteiger partial charge < -0.3 is 10.2 Å². The van der Waals surface area contributed by atoms with Crippen LogP contribution in [0.15, 0.2) is 54.6 Å². The fraction of sp³-hybridized carbons (Fsp3) is 0.235. The first kappa shape index (κ1) is 12.7. The third-order valence-electron chi connectivity index (χ3n) is 3.70. The van der Waals surface area contributed by atoms with Crippen molar-refractivity contribution in [2.45, 2.75) is 19.5 Å². The number of hydrogen-bond acceptors (Lipinski definition) is 1. The number of urea groups is 1. The molecular weight excluding hydrogens is 248 g/mol. The van der Waals surface area contributed by atoms with Gasteiger partial charge in [-0.25, -0.2) is 4.79 Å². The molecule has 0 atom stereocenters. The van der Waals surface area contributed by atoms with Gasteiger partial charge in [0.1, 0.15) is 0 Å². The minimum atomic E-state index is 0.0170. The molecule has 1 heterocycles. The van der Waals surface area contributed by atoms with Crippen molar-refractivity contribution in [2.75, 3.05) is 6.54 Å². The second-order valence-corrected chi connectivity index (χ2v) is 5.08. The second kappa shape index (κ2) is 5.78. The van der Waals surface area contributed by atoms with E-state index in [9.17, 15) is 4.79 Å². The lowest BCUT2D eigenvalue weighted by molar-refractivity contribution is 0.192. The molecule has 3 heteroatoms. The molecule has 0 aromatic heterocycles. The Hall–Kier alpha value is -2.29. The fourth-order valence-corrected chi connectivity index (χ4v) is 2.55. The van der Waals surface area contributed by atoms with Crippen molar-refractivity contribution in [1.29, 1.82) is 0 Å². The molecule has 1 N–H and O–H groups in total. The van der Waals surface area contributed by atoms with Gasteiger partial charge in [0.2, 0.25) is 0 Å². The van der Waals surface area contributed by atoms with Crippen LogP contribution in [-0.2, 0) is 19.5 Å². The van der Waals surface area contributed by atoms with Crippen LogP contribution in [0.25, 0.3) is 0 Å². The van der Waals surface area contributed by atoms with Crippen molar-refractivity contribution in [2.24, 2.45) is 0 Å². The van der Waals surface area contributed by atoms with E-state index in [2.05, 4.69) is 23.5 Å². The number of nitrogens with one attached hydrogen (secondary N) is 1. The number of carbonyl (C=O) groups excluding carboxylic acids is 1. The number of benzene rings is 2. The first-order valence-corrected chi connectivity index (χ1v) is 6.96. The highest BCUT2D eigenvalue weighted by Gasteiger charge is 2.19. The van der Waals surface area contributed by atoms with Crippen molar-refractivity contribution in [3.8, 4) is 0 Å². The molecule has 0 saturated carbocycles. The van der Waals surface area contributed by atoms with E-state index < -0.39 is 0 Å². The molecule has 0 aliphatic carbocycles. The Morgan fingerprint density at radius 3 is 2.50 bits per heavy atom. The van der Waals surface area contributed by atoms with E-state index in [-0.39, 0.29) is 6.03 Å². The van der Waals surface area contributed by atoms with Crippen LogP contribution in [0, 0.1) is 0 Å². The Labute approximate surface area is 119 Å². The number of hydrogen-bond donors (Lipinski definition) is 1. The molecular formula is C17H18N2O. The molecule has 0 unspecified atom stereocenters. The quantitative estimate of drug-likeness (QED) is 0.890. The first-order valence-electron chi connectivity index (χ1n) is 6.96. The number of carbonyl (C=O) groups is 1. The molecule has 2 aromatic rings. The number of fused-ring (bicyclic) bond motifs is 1. The van der Waals surface area contributed by atoms with Gasteiger partial charge in [-0.1, -0.05) is 54.6 Å². The normalized spacial score (nSPS) is 13.7. The smallest absolute Gasteiger partial charge is 0.317 e. The summed E-state index contributed by atoms with van der Waals surface area (Å²) in [6.07, 6.45) is 0.939. The zero-order valence-corrected chi connectivity index (χ0v) is 11.4. The highest BCUT2D eigenvalue weighted by molar-refractivity contribution is 5.74. The molecule has 0 radical (unpaired) electrons. The maximum Gasteiger partial charge on any atom is 0.317 e. The summed E-state index contributed by atoms with van der Waals surface area (Å²) in [6.45, 7) is 2.08. The van der Waals surface area contributed by atoms with Gasteiger partial charge in [0.25, 0.3) is 0 Å². The van der Waals surface area contributed by atoms with E-state index in [4.69, 9.17) is 0 Å². The highest BCUT2D eigenvalue weighted by atomic mass is 16.2. The van der Waals surface area contributed by atoms with E-state index in [1.54, 1.807) is 0 Å². The van der Waals surface area contributed by atoms with Gasteiger partial charge in [-0.3, -0.25) is 0 Å². The van der Waals surface area contributed by atoms with Crippen molar-refractivity contribution in [3.63, 3.8) is 0 Å². The Morgan fingerprint density at radius 1 is 1.00 bits per heavy atom. The van der Waals surface area contributed by atoms with E-state index in [0.29, 0.717) is 13.1 Å². The SMILES string of the molecule is O=C(NCc1ccccc1)N1CCc2ccccc2C1. The van der Waals surface area contributed by atoms with Gasteiger partial charge in [-0.15, -0.1) is 0 Å². The predicted molar refractivity (Wildman–Crippen MR) is 79.2 cm³/mol. The minimum Gasteiger partial charge on any atom is -0.334 e. The summed E-state index contributed by atoms with van der Waals surface area (Å²) < 4.78 is 0. The van der Waals surface area contributed by atoms with E-state index in [0.717, 1.165) is 18.5 Å². The maximum atomic E-state index is 12.2. The summed E-state index contributed by atoms with van der Waals surface area (Å²) in [7, 11) is 0. The van der Waals surface area contributed by atoms with Crippen molar-refractivity contribution in [1.82, 2.24) is 10.2 Å². The van der Waals surface area contributed by atoms with Crippen LogP contribution in [0.2, 0.25) is 0 Å². The summed E-state index contributed by atoms with van der Waals surface area (Å²) >= 11 is 0. The molecule has 2 amide bonds. The summed E-state index contributed by atoms with van der Waals surface area (Å²) in [5, 5.41) is 2.99. The van der Waals surface area contributed by atoms with Crippen LogP contribution in [0.3, 0.4) is 0 Å². The van der Waals surface area contributed by atoms with Gasteiger partial charge in [0, 0.05) is 19.6 Å². The molecule has 3 nitrogen and oxygen atoms in total. The molecule has 102 valence electrons. The maximum absolute atomic E-state index is 12.2. The lowest BCUT2D eigenvalue weighted by atomic mass is 10.0. The molecule has 0 bridgehead atoms. The van der Waals surface area contributed by atoms with Crippen LogP contribution in [0.4, 0.5) is 4.79 Å². The van der Waals surface area contributed by atoms with Crippen molar-refractivity contribution >= 4 is 6.03 Å².